The summed E-state index contributed by atoms with van der Waals surface area (Å²) in [5.74, 6) is 0.749. The molecule has 3 N–H and O–H groups in total. The zero-order valence-electron chi connectivity index (χ0n) is 13.8. The molecule has 1 heterocycles. The van der Waals surface area contributed by atoms with Crippen LogP contribution in [0.25, 0.3) is 16.9 Å². The van der Waals surface area contributed by atoms with E-state index in [1.165, 1.54) is 12.1 Å². The van der Waals surface area contributed by atoms with Crippen LogP contribution >= 0.6 is 22.6 Å². The summed E-state index contributed by atoms with van der Waals surface area (Å²) in [7, 11) is -2.23. The number of benzene rings is 2. The fourth-order valence-electron chi connectivity index (χ4n) is 2.53. The van der Waals surface area contributed by atoms with E-state index in [1.54, 1.807) is 30.0 Å². The molecule has 0 spiro atoms. The molecule has 0 unspecified atom stereocenters. The van der Waals surface area contributed by atoms with Gasteiger partial charge in [-0.05, 0) is 65.1 Å². The van der Waals surface area contributed by atoms with Crippen molar-refractivity contribution in [2.45, 2.75) is 11.5 Å². The lowest BCUT2D eigenvalue weighted by Gasteiger charge is -2.10. The van der Waals surface area contributed by atoms with Crippen molar-refractivity contribution in [2.75, 3.05) is 7.11 Å². The van der Waals surface area contributed by atoms with E-state index < -0.39 is 10.0 Å². The van der Waals surface area contributed by atoms with Gasteiger partial charge in [-0.15, -0.1) is 0 Å². The molecule has 0 aliphatic carbocycles. The molecule has 7 nitrogen and oxygen atoms in total. The third kappa shape index (κ3) is 3.75. The van der Waals surface area contributed by atoms with Gasteiger partial charge >= 0.3 is 0 Å². The molecule has 136 valence electrons. The van der Waals surface area contributed by atoms with Crippen molar-refractivity contribution in [1.82, 2.24) is 9.78 Å². The Hall–Kier alpha value is -1.95. The number of hydrogen-bond acceptors (Lipinski definition) is 5. The van der Waals surface area contributed by atoms with E-state index in [4.69, 9.17) is 9.88 Å². The molecule has 0 amide bonds. The summed E-state index contributed by atoms with van der Waals surface area (Å²) in [6, 6.07) is 13.6. The standard InChI is InChI=1S/C17H16IN3O4S/c1-25-17-6-5-11(7-15(17)18)16-8-12(10-22)20-21(16)13-3-2-4-14(9-13)26(19,23)24/h2-9,22H,10H2,1H3,(H2,19,23,24). The van der Waals surface area contributed by atoms with E-state index >= 15 is 0 Å². The molecule has 3 rings (SSSR count). The summed E-state index contributed by atoms with van der Waals surface area (Å²) in [5.41, 5.74) is 2.55. The Morgan fingerprint density at radius 3 is 2.62 bits per heavy atom. The van der Waals surface area contributed by atoms with Gasteiger partial charge in [0.1, 0.15) is 5.75 Å². The van der Waals surface area contributed by atoms with E-state index in [-0.39, 0.29) is 11.5 Å². The molecule has 0 saturated carbocycles. The molecule has 0 atom stereocenters. The zero-order valence-corrected chi connectivity index (χ0v) is 16.7. The summed E-state index contributed by atoms with van der Waals surface area (Å²) in [6.45, 7) is -0.234. The second-order valence-corrected chi connectivity index (χ2v) is 8.21. The monoisotopic (exact) mass is 485 g/mol. The number of primary sulfonamides is 1. The van der Waals surface area contributed by atoms with Crippen LogP contribution in [0.15, 0.2) is 53.4 Å². The Labute approximate surface area is 164 Å². The highest BCUT2D eigenvalue weighted by Crippen LogP contribution is 2.30. The van der Waals surface area contributed by atoms with E-state index in [0.29, 0.717) is 17.1 Å². The Morgan fingerprint density at radius 1 is 1.23 bits per heavy atom. The number of sulfonamides is 1. The van der Waals surface area contributed by atoms with Gasteiger partial charge in [0, 0.05) is 5.56 Å². The smallest absolute Gasteiger partial charge is 0.238 e. The number of ether oxygens (including phenoxy) is 1. The minimum Gasteiger partial charge on any atom is -0.496 e. The molecular weight excluding hydrogens is 469 g/mol. The summed E-state index contributed by atoms with van der Waals surface area (Å²) in [4.78, 5) is -0.00805. The van der Waals surface area contributed by atoms with Crippen LogP contribution in [0.2, 0.25) is 0 Å². The van der Waals surface area contributed by atoms with Crippen molar-refractivity contribution in [1.29, 1.82) is 0 Å². The molecule has 0 aliphatic rings. The highest BCUT2D eigenvalue weighted by atomic mass is 127. The van der Waals surface area contributed by atoms with Crippen LogP contribution < -0.4 is 9.88 Å². The van der Waals surface area contributed by atoms with Crippen molar-refractivity contribution in [2.24, 2.45) is 5.14 Å². The van der Waals surface area contributed by atoms with Gasteiger partial charge in [0.05, 0.1) is 39.3 Å². The molecule has 0 radical (unpaired) electrons. The molecule has 0 saturated heterocycles. The molecule has 9 heteroatoms. The van der Waals surface area contributed by atoms with Crippen molar-refractivity contribution < 1.29 is 18.3 Å². The fourth-order valence-corrected chi connectivity index (χ4v) is 3.82. The number of halogens is 1. The highest BCUT2D eigenvalue weighted by molar-refractivity contribution is 14.1. The number of hydrogen-bond donors (Lipinski definition) is 2. The van der Waals surface area contributed by atoms with Gasteiger partial charge in [-0.2, -0.15) is 5.10 Å². The molecular formula is C17H16IN3O4S. The molecule has 3 aromatic rings. The zero-order chi connectivity index (χ0) is 18.9. The maximum Gasteiger partial charge on any atom is 0.238 e. The first-order valence-corrected chi connectivity index (χ1v) is 10.1. The van der Waals surface area contributed by atoms with E-state index in [2.05, 4.69) is 27.7 Å². The Balaban J connectivity index is 2.18. The van der Waals surface area contributed by atoms with Crippen LogP contribution in [0.1, 0.15) is 5.69 Å². The number of aliphatic hydroxyl groups excluding tert-OH is 1. The largest absolute Gasteiger partial charge is 0.496 e. The normalized spacial score (nSPS) is 11.5. The van der Waals surface area contributed by atoms with Crippen LogP contribution in [0.5, 0.6) is 5.75 Å². The SMILES string of the molecule is COc1ccc(-c2cc(CO)nn2-c2cccc(S(N)(=O)=O)c2)cc1I. The van der Waals surface area contributed by atoms with Crippen molar-refractivity contribution >= 4 is 32.6 Å². The van der Waals surface area contributed by atoms with Crippen LogP contribution in [0.3, 0.4) is 0 Å². The summed E-state index contributed by atoms with van der Waals surface area (Å²) >= 11 is 2.17. The van der Waals surface area contributed by atoms with Gasteiger partial charge in [0.15, 0.2) is 0 Å². The number of aromatic nitrogens is 2. The second-order valence-electron chi connectivity index (χ2n) is 5.48. The Kier molecular flexibility index (Phi) is 5.32. The molecule has 1 aromatic heterocycles. The highest BCUT2D eigenvalue weighted by Gasteiger charge is 2.15. The number of nitrogens with zero attached hydrogens (tertiary/aromatic N) is 2. The first-order valence-electron chi connectivity index (χ1n) is 7.50. The average molecular weight is 485 g/mol. The maximum atomic E-state index is 11.6. The number of aliphatic hydroxyl groups is 1. The number of methoxy groups -OCH3 is 1. The maximum absolute atomic E-state index is 11.6. The van der Waals surface area contributed by atoms with Crippen molar-refractivity contribution in [3.05, 3.63) is 57.8 Å². The quantitative estimate of drug-likeness (QED) is 0.540. The second kappa shape index (κ2) is 7.35. The predicted octanol–water partition coefficient (Wildman–Crippen LogP) is 2.29. The third-order valence-corrected chi connectivity index (χ3v) is 5.51. The van der Waals surface area contributed by atoms with Crippen molar-refractivity contribution in [3.8, 4) is 22.7 Å². The van der Waals surface area contributed by atoms with Crippen molar-refractivity contribution in [3.63, 3.8) is 0 Å². The number of nitrogens with two attached hydrogens (primary N) is 1. The molecule has 0 bridgehead atoms. The molecule has 0 aliphatic heterocycles. The van der Waals surface area contributed by atoms with Gasteiger partial charge in [0.2, 0.25) is 10.0 Å². The Morgan fingerprint density at radius 2 is 2.00 bits per heavy atom. The van der Waals surface area contributed by atoms with Crippen LogP contribution in [-0.2, 0) is 16.6 Å². The minimum atomic E-state index is -3.83. The van der Waals surface area contributed by atoms with Gasteiger partial charge in [-0.1, -0.05) is 6.07 Å². The summed E-state index contributed by atoms with van der Waals surface area (Å²) < 4.78 is 31.1. The lowest BCUT2D eigenvalue weighted by molar-refractivity contribution is 0.276. The summed E-state index contributed by atoms with van der Waals surface area (Å²) in [6.07, 6.45) is 0. The minimum absolute atomic E-state index is 0.00805. The van der Waals surface area contributed by atoms with E-state index in [1.807, 2.05) is 18.2 Å². The van der Waals surface area contributed by atoms with Gasteiger partial charge in [0.25, 0.3) is 0 Å². The average Bonchev–Trinajstić information content (AvgIpc) is 3.05. The number of rotatable bonds is 5. The molecule has 0 fully saturated rings. The molecule has 26 heavy (non-hydrogen) atoms. The first kappa shape index (κ1) is 18.8. The summed E-state index contributed by atoms with van der Waals surface area (Å²) in [5, 5.41) is 19.1. The van der Waals surface area contributed by atoms with Gasteiger partial charge < -0.3 is 9.84 Å². The first-order chi connectivity index (χ1) is 12.3. The van der Waals surface area contributed by atoms with Gasteiger partial charge in [-0.3, -0.25) is 0 Å². The van der Waals surface area contributed by atoms with E-state index in [9.17, 15) is 13.5 Å². The lowest BCUT2D eigenvalue weighted by Crippen LogP contribution is -2.12. The predicted molar refractivity (Wildman–Crippen MR) is 106 cm³/mol. The fraction of sp³-hybridized carbons (Fsp3) is 0.118. The van der Waals surface area contributed by atoms with Crippen LogP contribution in [0, 0.1) is 3.57 Å². The van der Waals surface area contributed by atoms with Gasteiger partial charge in [-0.25, -0.2) is 18.2 Å². The van der Waals surface area contributed by atoms with Crippen LogP contribution in [-0.4, -0.2) is 30.4 Å². The van der Waals surface area contributed by atoms with Crippen LogP contribution in [0.4, 0.5) is 0 Å². The molecule has 2 aromatic carbocycles. The third-order valence-electron chi connectivity index (χ3n) is 3.76. The van der Waals surface area contributed by atoms with E-state index in [0.717, 1.165) is 14.9 Å². The Bertz CT molecular complexity index is 1060. The topological polar surface area (TPSA) is 107 Å². The lowest BCUT2D eigenvalue weighted by atomic mass is 10.1.